The first-order chi connectivity index (χ1) is 8.71. The molecule has 0 aromatic heterocycles. The number of hydrogen-bond acceptors (Lipinski definition) is 3. The number of aliphatic carboxylic acids is 1. The fraction of sp³-hybridized carbons (Fsp3) is 0.818. The summed E-state index contributed by atoms with van der Waals surface area (Å²) in [6, 6.07) is 0.586. The average Bonchev–Trinajstić information content (AvgIpc) is 2.72. The first kappa shape index (κ1) is 15.7. The van der Waals surface area contributed by atoms with E-state index in [0.717, 1.165) is 25.6 Å². The summed E-state index contributed by atoms with van der Waals surface area (Å²) in [6.45, 7) is 4.71. The first-order valence-corrected chi connectivity index (χ1v) is 6.01. The minimum Gasteiger partial charge on any atom is -0.475 e. The van der Waals surface area contributed by atoms with Crippen molar-refractivity contribution >= 4 is 11.9 Å². The van der Waals surface area contributed by atoms with E-state index in [1.165, 1.54) is 12.8 Å². The predicted octanol–water partition coefficient (Wildman–Crippen LogP) is 0.850. The van der Waals surface area contributed by atoms with Gasteiger partial charge in [0.05, 0.1) is 0 Å². The molecule has 0 radical (unpaired) electrons. The van der Waals surface area contributed by atoms with Gasteiger partial charge >= 0.3 is 12.1 Å². The Morgan fingerprint density at radius 3 is 2.32 bits per heavy atom. The molecule has 0 bridgehead atoms. The molecule has 5 nitrogen and oxygen atoms in total. The van der Waals surface area contributed by atoms with Gasteiger partial charge in [-0.1, -0.05) is 0 Å². The van der Waals surface area contributed by atoms with E-state index in [-0.39, 0.29) is 5.91 Å². The zero-order chi connectivity index (χ0) is 14.6. The molecule has 1 amide bonds. The van der Waals surface area contributed by atoms with Gasteiger partial charge in [-0.05, 0) is 25.3 Å². The molecule has 0 unspecified atom stereocenters. The molecule has 2 heterocycles. The summed E-state index contributed by atoms with van der Waals surface area (Å²) in [5.41, 5.74) is 0. The van der Waals surface area contributed by atoms with Crippen LogP contribution >= 0.6 is 0 Å². The number of carboxylic acids is 1. The van der Waals surface area contributed by atoms with Gasteiger partial charge in [-0.15, -0.1) is 0 Å². The molecule has 8 heteroatoms. The van der Waals surface area contributed by atoms with Crippen molar-refractivity contribution in [3.8, 4) is 0 Å². The van der Waals surface area contributed by atoms with E-state index in [1.807, 2.05) is 4.90 Å². The smallest absolute Gasteiger partial charge is 0.475 e. The number of nitrogens with one attached hydrogen (secondary N) is 1. The second-order valence-electron chi connectivity index (χ2n) is 4.69. The lowest BCUT2D eigenvalue weighted by Gasteiger charge is -2.24. The molecule has 19 heavy (non-hydrogen) atoms. The number of fused-ring (bicyclic) bond motifs is 1. The molecule has 2 atom stereocenters. The summed E-state index contributed by atoms with van der Waals surface area (Å²) < 4.78 is 31.7. The van der Waals surface area contributed by atoms with Crippen molar-refractivity contribution in [3.63, 3.8) is 0 Å². The number of nitrogens with zero attached hydrogens (tertiary/aromatic N) is 1. The number of amides is 1. The highest BCUT2D eigenvalue weighted by Crippen LogP contribution is 2.24. The van der Waals surface area contributed by atoms with Crippen LogP contribution in [-0.2, 0) is 9.59 Å². The highest BCUT2D eigenvalue weighted by atomic mass is 19.4. The summed E-state index contributed by atoms with van der Waals surface area (Å²) in [4.78, 5) is 21.9. The van der Waals surface area contributed by atoms with Gasteiger partial charge in [-0.2, -0.15) is 13.2 Å². The Labute approximate surface area is 108 Å². The molecular weight excluding hydrogens is 265 g/mol. The summed E-state index contributed by atoms with van der Waals surface area (Å²) in [7, 11) is 0. The third-order valence-corrected chi connectivity index (χ3v) is 3.29. The van der Waals surface area contributed by atoms with E-state index in [9.17, 15) is 18.0 Å². The molecule has 2 saturated heterocycles. The van der Waals surface area contributed by atoms with Crippen molar-refractivity contribution in [1.82, 2.24) is 10.2 Å². The van der Waals surface area contributed by atoms with E-state index in [0.29, 0.717) is 6.04 Å². The lowest BCUT2D eigenvalue weighted by molar-refractivity contribution is -0.192. The van der Waals surface area contributed by atoms with Gasteiger partial charge in [0, 0.05) is 26.1 Å². The van der Waals surface area contributed by atoms with Gasteiger partial charge in [0.25, 0.3) is 0 Å². The largest absolute Gasteiger partial charge is 0.490 e. The lowest BCUT2D eigenvalue weighted by atomic mass is 9.94. The molecule has 0 spiro atoms. The van der Waals surface area contributed by atoms with E-state index in [4.69, 9.17) is 9.90 Å². The minimum absolute atomic E-state index is 0.228. The fourth-order valence-electron chi connectivity index (χ4n) is 2.30. The first-order valence-electron chi connectivity index (χ1n) is 6.01. The van der Waals surface area contributed by atoms with Gasteiger partial charge < -0.3 is 15.3 Å². The molecular formula is C11H17F3N2O3. The van der Waals surface area contributed by atoms with Gasteiger partial charge in [-0.25, -0.2) is 4.79 Å². The Morgan fingerprint density at radius 2 is 1.89 bits per heavy atom. The Hall–Kier alpha value is -1.31. The Bertz CT molecular complexity index is 333. The van der Waals surface area contributed by atoms with Crippen molar-refractivity contribution in [1.29, 1.82) is 0 Å². The number of halogens is 3. The van der Waals surface area contributed by atoms with Crippen molar-refractivity contribution in [2.24, 2.45) is 5.92 Å². The van der Waals surface area contributed by atoms with Crippen LogP contribution in [0.25, 0.3) is 0 Å². The maximum absolute atomic E-state index is 11.1. The SMILES string of the molecule is CC(=O)N1C[C@H]2CCCN[C@H]2C1.O=C(O)C(F)(F)F. The third kappa shape index (κ3) is 4.70. The number of carboxylic acid groups (broad SMARTS) is 1. The monoisotopic (exact) mass is 282 g/mol. The average molecular weight is 282 g/mol. The second-order valence-corrected chi connectivity index (χ2v) is 4.69. The zero-order valence-electron chi connectivity index (χ0n) is 10.5. The molecule has 0 saturated carbocycles. The molecule has 2 rings (SSSR count). The zero-order valence-corrected chi connectivity index (χ0v) is 10.5. The van der Waals surface area contributed by atoms with Crippen LogP contribution in [0.2, 0.25) is 0 Å². The Kier molecular flexibility index (Phi) is 5.16. The maximum Gasteiger partial charge on any atom is 0.490 e. The number of hydrogen-bond donors (Lipinski definition) is 2. The number of piperidine rings is 1. The third-order valence-electron chi connectivity index (χ3n) is 3.29. The molecule has 0 aromatic rings. The number of likely N-dealkylation sites (tertiary alicyclic amines) is 1. The lowest BCUT2D eigenvalue weighted by Crippen LogP contribution is -2.40. The number of carbonyl (C=O) groups is 2. The van der Waals surface area contributed by atoms with Crippen LogP contribution in [0.1, 0.15) is 19.8 Å². The molecule has 2 aliphatic heterocycles. The van der Waals surface area contributed by atoms with E-state index in [2.05, 4.69) is 5.32 Å². The molecule has 0 aliphatic carbocycles. The Balaban J connectivity index is 0.000000224. The van der Waals surface area contributed by atoms with Gasteiger partial charge in [-0.3, -0.25) is 4.79 Å². The quantitative estimate of drug-likeness (QED) is 0.691. The summed E-state index contributed by atoms with van der Waals surface area (Å²) in [5, 5.41) is 10.6. The normalized spacial score (nSPS) is 26.2. The molecule has 110 valence electrons. The van der Waals surface area contributed by atoms with Crippen LogP contribution < -0.4 is 5.32 Å². The highest BCUT2D eigenvalue weighted by Gasteiger charge is 2.38. The van der Waals surface area contributed by atoms with Gasteiger partial charge in [0.2, 0.25) is 5.91 Å². The number of rotatable bonds is 0. The topological polar surface area (TPSA) is 69.6 Å². The van der Waals surface area contributed by atoms with Crippen LogP contribution in [0.15, 0.2) is 0 Å². The van der Waals surface area contributed by atoms with Crippen molar-refractivity contribution in [2.45, 2.75) is 32.0 Å². The standard InChI is InChI=1S/C9H16N2O.C2HF3O2/c1-7(12)11-5-8-3-2-4-10-9(8)6-11;3-2(4,5)1(6)7/h8-10H,2-6H2,1H3;(H,6,7)/t8-,9+;/m1./s1. The van der Waals surface area contributed by atoms with E-state index in [1.54, 1.807) is 6.92 Å². The predicted molar refractivity (Wildman–Crippen MR) is 60.5 cm³/mol. The summed E-state index contributed by atoms with van der Waals surface area (Å²) >= 11 is 0. The van der Waals surface area contributed by atoms with Crippen molar-refractivity contribution in [3.05, 3.63) is 0 Å². The van der Waals surface area contributed by atoms with E-state index >= 15 is 0 Å². The number of carbonyl (C=O) groups excluding carboxylic acids is 1. The van der Waals surface area contributed by atoms with Crippen molar-refractivity contribution in [2.75, 3.05) is 19.6 Å². The second kappa shape index (κ2) is 6.23. The van der Waals surface area contributed by atoms with Crippen LogP contribution in [-0.4, -0.2) is 53.7 Å². The number of alkyl halides is 3. The summed E-state index contributed by atoms with van der Waals surface area (Å²) in [6.07, 6.45) is -2.52. The maximum atomic E-state index is 11.1. The molecule has 2 N–H and O–H groups in total. The van der Waals surface area contributed by atoms with Crippen LogP contribution in [0, 0.1) is 5.92 Å². The van der Waals surface area contributed by atoms with Gasteiger partial charge in [0.1, 0.15) is 0 Å². The van der Waals surface area contributed by atoms with Crippen LogP contribution in [0.3, 0.4) is 0 Å². The summed E-state index contributed by atoms with van der Waals surface area (Å²) in [5.74, 6) is -1.80. The Morgan fingerprint density at radius 1 is 1.32 bits per heavy atom. The highest BCUT2D eigenvalue weighted by molar-refractivity contribution is 5.73. The molecule has 2 fully saturated rings. The van der Waals surface area contributed by atoms with E-state index < -0.39 is 12.1 Å². The minimum atomic E-state index is -5.08. The van der Waals surface area contributed by atoms with Crippen molar-refractivity contribution < 1.29 is 27.9 Å². The van der Waals surface area contributed by atoms with Crippen LogP contribution in [0.4, 0.5) is 13.2 Å². The fourth-order valence-corrected chi connectivity index (χ4v) is 2.30. The van der Waals surface area contributed by atoms with Gasteiger partial charge in [0.15, 0.2) is 0 Å². The molecule has 2 aliphatic rings. The van der Waals surface area contributed by atoms with Crippen LogP contribution in [0.5, 0.6) is 0 Å². The molecule has 0 aromatic carbocycles.